The van der Waals surface area contributed by atoms with E-state index in [1.165, 1.54) is 6.07 Å². The van der Waals surface area contributed by atoms with Crippen LogP contribution in [0.2, 0.25) is 0 Å². The third-order valence-corrected chi connectivity index (χ3v) is 2.22. The van der Waals surface area contributed by atoms with E-state index in [2.05, 4.69) is 22.7 Å². The van der Waals surface area contributed by atoms with Crippen molar-refractivity contribution in [1.82, 2.24) is 14.6 Å². The summed E-state index contributed by atoms with van der Waals surface area (Å²) in [4.78, 5) is 25.2. The molecule has 0 aliphatic rings. The SMILES string of the molecule is O=C(O)c1cc(S)n2ncc(C(=O)O)c2n1. The van der Waals surface area contributed by atoms with Gasteiger partial charge in [0, 0.05) is 6.07 Å². The molecule has 2 aromatic heterocycles. The average molecular weight is 239 g/mol. The van der Waals surface area contributed by atoms with Crippen LogP contribution < -0.4 is 0 Å². The lowest BCUT2D eigenvalue weighted by Gasteiger charge is -2.00. The van der Waals surface area contributed by atoms with Crippen molar-refractivity contribution in [3.63, 3.8) is 0 Å². The summed E-state index contributed by atoms with van der Waals surface area (Å²) in [6.07, 6.45) is 1.09. The van der Waals surface area contributed by atoms with Crippen molar-refractivity contribution in [1.29, 1.82) is 0 Å². The van der Waals surface area contributed by atoms with Gasteiger partial charge in [-0.25, -0.2) is 19.1 Å². The Bertz CT molecular complexity index is 607. The van der Waals surface area contributed by atoms with Crippen LogP contribution in [0.5, 0.6) is 0 Å². The lowest BCUT2D eigenvalue weighted by atomic mass is 10.3. The molecule has 0 bridgehead atoms. The summed E-state index contributed by atoms with van der Waals surface area (Å²) in [7, 11) is 0. The Morgan fingerprint density at radius 1 is 1.31 bits per heavy atom. The maximum absolute atomic E-state index is 10.8. The monoisotopic (exact) mass is 239 g/mol. The van der Waals surface area contributed by atoms with Gasteiger partial charge in [-0.3, -0.25) is 0 Å². The minimum Gasteiger partial charge on any atom is -0.477 e. The molecule has 0 spiro atoms. The molecular weight excluding hydrogens is 234 g/mol. The van der Waals surface area contributed by atoms with E-state index >= 15 is 0 Å². The van der Waals surface area contributed by atoms with Crippen LogP contribution in [0.3, 0.4) is 0 Å². The summed E-state index contributed by atoms with van der Waals surface area (Å²) in [5, 5.41) is 21.5. The zero-order valence-corrected chi connectivity index (χ0v) is 8.55. The van der Waals surface area contributed by atoms with Gasteiger partial charge in [0.15, 0.2) is 11.3 Å². The minimum atomic E-state index is -1.25. The first-order valence-electron chi connectivity index (χ1n) is 4.05. The quantitative estimate of drug-likeness (QED) is 0.518. The standard InChI is InChI=1S/C8H5N3O4S/c12-7(13)3-2-9-11-5(16)1-4(8(14)15)10-6(3)11/h1-2,16H,(H,12,13)(H,14,15). The molecular formula is C8H5N3O4S. The Balaban J connectivity index is 2.81. The van der Waals surface area contributed by atoms with E-state index in [1.807, 2.05) is 0 Å². The van der Waals surface area contributed by atoms with Crippen LogP contribution in [0, 0.1) is 0 Å². The fourth-order valence-corrected chi connectivity index (χ4v) is 1.48. The number of hydrogen-bond donors (Lipinski definition) is 3. The van der Waals surface area contributed by atoms with Crippen LogP contribution in [0.4, 0.5) is 0 Å². The molecule has 16 heavy (non-hydrogen) atoms. The molecule has 0 saturated heterocycles. The molecule has 0 aliphatic carbocycles. The second-order valence-corrected chi connectivity index (χ2v) is 3.36. The second-order valence-electron chi connectivity index (χ2n) is 2.90. The first kappa shape index (κ1) is 10.4. The van der Waals surface area contributed by atoms with Crippen LogP contribution in [-0.4, -0.2) is 36.7 Å². The smallest absolute Gasteiger partial charge is 0.354 e. The van der Waals surface area contributed by atoms with Gasteiger partial charge in [-0.2, -0.15) is 5.10 Å². The van der Waals surface area contributed by atoms with Crippen molar-refractivity contribution >= 4 is 30.2 Å². The third kappa shape index (κ3) is 1.48. The predicted octanol–water partition coefficient (Wildman–Crippen LogP) is 0.414. The number of rotatable bonds is 2. The molecule has 0 unspecified atom stereocenters. The average Bonchev–Trinajstić information content (AvgIpc) is 2.61. The van der Waals surface area contributed by atoms with Gasteiger partial charge < -0.3 is 10.2 Å². The maximum atomic E-state index is 10.8. The predicted molar refractivity (Wildman–Crippen MR) is 54.2 cm³/mol. The summed E-state index contributed by atoms with van der Waals surface area (Å²) in [6, 6.07) is 1.19. The van der Waals surface area contributed by atoms with Gasteiger partial charge in [0.25, 0.3) is 0 Å². The van der Waals surface area contributed by atoms with E-state index in [0.29, 0.717) is 0 Å². The van der Waals surface area contributed by atoms with E-state index < -0.39 is 11.9 Å². The highest BCUT2D eigenvalue weighted by Crippen LogP contribution is 2.15. The Morgan fingerprint density at radius 2 is 2.00 bits per heavy atom. The van der Waals surface area contributed by atoms with Crippen molar-refractivity contribution in [2.24, 2.45) is 0 Å². The van der Waals surface area contributed by atoms with Crippen molar-refractivity contribution < 1.29 is 19.8 Å². The van der Waals surface area contributed by atoms with Gasteiger partial charge >= 0.3 is 11.9 Å². The lowest BCUT2D eigenvalue weighted by molar-refractivity contribution is 0.0679. The molecule has 0 radical (unpaired) electrons. The van der Waals surface area contributed by atoms with Crippen LogP contribution >= 0.6 is 12.6 Å². The van der Waals surface area contributed by atoms with E-state index in [9.17, 15) is 9.59 Å². The number of carboxylic acids is 2. The maximum Gasteiger partial charge on any atom is 0.354 e. The lowest BCUT2D eigenvalue weighted by Crippen LogP contribution is -2.06. The van der Waals surface area contributed by atoms with Crippen molar-refractivity contribution in [3.8, 4) is 0 Å². The normalized spacial score (nSPS) is 10.6. The number of aromatic nitrogens is 3. The van der Waals surface area contributed by atoms with Crippen molar-refractivity contribution in [2.75, 3.05) is 0 Å². The van der Waals surface area contributed by atoms with Crippen LogP contribution in [0.25, 0.3) is 5.65 Å². The first-order valence-corrected chi connectivity index (χ1v) is 4.49. The summed E-state index contributed by atoms with van der Waals surface area (Å²) < 4.78 is 1.15. The number of fused-ring (bicyclic) bond motifs is 1. The first-order chi connectivity index (χ1) is 7.50. The number of carboxylic acid groups (broad SMARTS) is 2. The van der Waals surface area contributed by atoms with Gasteiger partial charge in [0.05, 0.1) is 11.2 Å². The number of thiol groups is 1. The molecule has 0 fully saturated rings. The highest BCUT2D eigenvalue weighted by Gasteiger charge is 2.17. The summed E-state index contributed by atoms with van der Waals surface area (Å²) >= 11 is 4.00. The van der Waals surface area contributed by atoms with Gasteiger partial charge in [0.1, 0.15) is 5.56 Å². The summed E-state index contributed by atoms with van der Waals surface area (Å²) in [6.45, 7) is 0. The van der Waals surface area contributed by atoms with Gasteiger partial charge in [-0.1, -0.05) is 0 Å². The molecule has 7 nitrogen and oxygen atoms in total. The van der Waals surface area contributed by atoms with Crippen LogP contribution in [-0.2, 0) is 0 Å². The molecule has 0 aromatic carbocycles. The molecule has 0 aliphatic heterocycles. The molecule has 0 amide bonds. The highest BCUT2D eigenvalue weighted by molar-refractivity contribution is 7.80. The second kappa shape index (κ2) is 3.49. The van der Waals surface area contributed by atoms with Crippen LogP contribution in [0.1, 0.15) is 20.8 Å². The molecule has 0 atom stereocenters. The van der Waals surface area contributed by atoms with E-state index in [0.717, 1.165) is 10.7 Å². The highest BCUT2D eigenvalue weighted by atomic mass is 32.1. The van der Waals surface area contributed by atoms with Gasteiger partial charge in [-0.15, -0.1) is 12.6 Å². The fourth-order valence-electron chi connectivity index (χ4n) is 1.21. The Morgan fingerprint density at radius 3 is 2.56 bits per heavy atom. The Labute approximate surface area is 93.8 Å². The molecule has 0 saturated carbocycles. The number of hydrogen-bond acceptors (Lipinski definition) is 5. The number of carbonyl (C=O) groups is 2. The summed E-state index contributed by atoms with van der Waals surface area (Å²) in [5.74, 6) is -2.48. The third-order valence-electron chi connectivity index (χ3n) is 1.90. The van der Waals surface area contributed by atoms with Crippen molar-refractivity contribution in [3.05, 3.63) is 23.5 Å². The van der Waals surface area contributed by atoms with Crippen LogP contribution in [0.15, 0.2) is 17.3 Å². The van der Waals surface area contributed by atoms with E-state index in [1.54, 1.807) is 0 Å². The molecule has 8 heteroatoms. The Hall–Kier alpha value is -2.09. The number of aromatic carboxylic acids is 2. The topological polar surface area (TPSA) is 105 Å². The molecule has 82 valence electrons. The van der Waals surface area contributed by atoms with E-state index in [4.69, 9.17) is 10.2 Å². The zero-order chi connectivity index (χ0) is 11.9. The largest absolute Gasteiger partial charge is 0.477 e. The fraction of sp³-hybridized carbons (Fsp3) is 0. The van der Waals surface area contributed by atoms with Gasteiger partial charge in [0.2, 0.25) is 0 Å². The van der Waals surface area contributed by atoms with Gasteiger partial charge in [-0.05, 0) is 0 Å². The molecule has 2 N–H and O–H groups in total. The molecule has 2 heterocycles. The molecule has 2 aromatic rings. The Kier molecular flexibility index (Phi) is 2.27. The summed E-state index contributed by atoms with van der Waals surface area (Å²) in [5.41, 5.74) is -0.490. The number of nitrogens with zero attached hydrogens (tertiary/aromatic N) is 3. The van der Waals surface area contributed by atoms with Crippen molar-refractivity contribution in [2.45, 2.75) is 5.03 Å². The molecule has 2 rings (SSSR count). The zero-order valence-electron chi connectivity index (χ0n) is 7.65. The van der Waals surface area contributed by atoms with E-state index in [-0.39, 0.29) is 21.9 Å². The minimum absolute atomic E-state index is 0.0441.